The maximum Gasteiger partial charge on any atom is 0.260 e. The molecule has 4 aliphatic rings. The van der Waals surface area contributed by atoms with Gasteiger partial charge in [-0.25, -0.2) is 4.98 Å². The van der Waals surface area contributed by atoms with Crippen LogP contribution in [-0.2, 0) is 17.8 Å². The van der Waals surface area contributed by atoms with E-state index in [4.69, 9.17) is 9.72 Å². The van der Waals surface area contributed by atoms with Crippen LogP contribution in [-0.4, -0.2) is 63.2 Å². The molecular formula is C30H34N6O2. The molecule has 4 fully saturated rings. The Balaban J connectivity index is 1.01. The summed E-state index contributed by atoms with van der Waals surface area (Å²) in [6.45, 7) is 7.67. The minimum Gasteiger partial charge on any atom is -0.381 e. The van der Waals surface area contributed by atoms with Gasteiger partial charge in [0.1, 0.15) is 5.65 Å². The van der Waals surface area contributed by atoms with Crippen LogP contribution < -0.4 is 10.5 Å². The Labute approximate surface area is 221 Å². The van der Waals surface area contributed by atoms with Gasteiger partial charge in [0.05, 0.1) is 29.5 Å². The van der Waals surface area contributed by atoms with Crippen molar-refractivity contribution in [3.63, 3.8) is 0 Å². The lowest BCUT2D eigenvalue weighted by atomic mass is 9.63. The second-order valence-corrected chi connectivity index (χ2v) is 12.4. The summed E-state index contributed by atoms with van der Waals surface area (Å²) >= 11 is 0. The van der Waals surface area contributed by atoms with Gasteiger partial charge in [-0.05, 0) is 48.8 Å². The number of pyridine rings is 3. The molecule has 0 amide bonds. The summed E-state index contributed by atoms with van der Waals surface area (Å²) in [5, 5.41) is 1.65. The van der Waals surface area contributed by atoms with Crippen molar-refractivity contribution in [2.75, 3.05) is 44.3 Å². The lowest BCUT2D eigenvalue weighted by molar-refractivity contribution is -0.0645. The lowest BCUT2D eigenvalue weighted by Gasteiger charge is -2.56. The number of fused-ring (bicyclic) bond motifs is 2. The van der Waals surface area contributed by atoms with Crippen molar-refractivity contribution in [2.45, 2.75) is 45.2 Å². The molecule has 3 saturated heterocycles. The van der Waals surface area contributed by atoms with Crippen molar-refractivity contribution in [1.29, 1.82) is 0 Å². The minimum atomic E-state index is -0.0152. The first-order valence-corrected chi connectivity index (χ1v) is 14.1. The van der Waals surface area contributed by atoms with E-state index in [1.807, 2.05) is 12.4 Å². The Morgan fingerprint density at radius 1 is 0.868 bits per heavy atom. The fourth-order valence-corrected chi connectivity index (χ4v) is 7.32. The average Bonchev–Trinajstić information content (AvgIpc) is 3.27. The molecule has 8 heteroatoms. The van der Waals surface area contributed by atoms with Gasteiger partial charge < -0.3 is 18.6 Å². The third-order valence-electron chi connectivity index (χ3n) is 9.66. The van der Waals surface area contributed by atoms with Gasteiger partial charge >= 0.3 is 0 Å². The maximum absolute atomic E-state index is 13.5. The fourth-order valence-electron chi connectivity index (χ4n) is 7.32. The summed E-state index contributed by atoms with van der Waals surface area (Å²) in [4.78, 5) is 27.6. The van der Waals surface area contributed by atoms with E-state index in [2.05, 4.69) is 49.8 Å². The molecule has 0 aromatic carbocycles. The van der Waals surface area contributed by atoms with Crippen LogP contribution in [0.15, 0.2) is 54.0 Å². The van der Waals surface area contributed by atoms with Crippen molar-refractivity contribution in [3.05, 3.63) is 70.8 Å². The van der Waals surface area contributed by atoms with E-state index in [9.17, 15) is 4.79 Å². The summed E-state index contributed by atoms with van der Waals surface area (Å²) < 4.78 is 9.42. The third-order valence-corrected chi connectivity index (χ3v) is 9.66. The summed E-state index contributed by atoms with van der Waals surface area (Å²) in [5.41, 5.74) is 5.18. The summed E-state index contributed by atoms with van der Waals surface area (Å²) in [6.07, 6.45) is 16.2. The van der Waals surface area contributed by atoms with Crippen molar-refractivity contribution in [3.8, 4) is 0 Å². The highest BCUT2D eigenvalue weighted by Gasteiger charge is 2.47. The van der Waals surface area contributed by atoms with Crippen LogP contribution in [0.1, 0.15) is 43.4 Å². The smallest absolute Gasteiger partial charge is 0.260 e. The van der Waals surface area contributed by atoms with E-state index in [-0.39, 0.29) is 5.56 Å². The first-order chi connectivity index (χ1) is 18.6. The Kier molecular flexibility index (Phi) is 5.01. The Morgan fingerprint density at radius 2 is 1.68 bits per heavy atom. The van der Waals surface area contributed by atoms with Gasteiger partial charge in [-0.1, -0.05) is 12.5 Å². The van der Waals surface area contributed by atoms with Gasteiger partial charge in [-0.2, -0.15) is 0 Å². The van der Waals surface area contributed by atoms with Crippen LogP contribution in [0.5, 0.6) is 0 Å². The molecule has 8 nitrogen and oxygen atoms in total. The van der Waals surface area contributed by atoms with Crippen LogP contribution in [0.25, 0.3) is 16.4 Å². The third kappa shape index (κ3) is 3.68. The van der Waals surface area contributed by atoms with Gasteiger partial charge in [0.15, 0.2) is 0 Å². The number of imidazole rings is 1. The van der Waals surface area contributed by atoms with Crippen LogP contribution >= 0.6 is 0 Å². The van der Waals surface area contributed by atoms with E-state index in [0.29, 0.717) is 22.8 Å². The number of anilines is 1. The molecule has 0 bridgehead atoms. The molecule has 0 unspecified atom stereocenters. The molecule has 196 valence electrons. The van der Waals surface area contributed by atoms with E-state index in [0.717, 1.165) is 68.1 Å². The molecule has 2 spiro atoms. The number of nitrogens with zero attached hydrogens (tertiary/aromatic N) is 6. The molecule has 0 radical (unpaired) electrons. The highest BCUT2D eigenvalue weighted by atomic mass is 16.5. The van der Waals surface area contributed by atoms with Gasteiger partial charge in [-0.15, -0.1) is 0 Å². The zero-order chi connectivity index (χ0) is 25.3. The monoisotopic (exact) mass is 510 g/mol. The number of ether oxygens (including phenoxy) is 1. The molecule has 7 heterocycles. The van der Waals surface area contributed by atoms with Gasteiger partial charge in [0, 0.05) is 81.5 Å². The number of aromatic nitrogens is 4. The largest absolute Gasteiger partial charge is 0.381 e. The normalized spacial score (nSPS) is 22.1. The summed E-state index contributed by atoms with van der Waals surface area (Å²) in [6, 6.07) is 6.35. The van der Waals surface area contributed by atoms with Crippen molar-refractivity contribution in [1.82, 2.24) is 23.8 Å². The molecule has 4 aromatic heterocycles. The molecule has 8 rings (SSSR count). The molecule has 1 saturated carbocycles. The highest BCUT2D eigenvalue weighted by molar-refractivity contribution is 5.93. The lowest BCUT2D eigenvalue weighted by Crippen LogP contribution is -2.58. The first-order valence-electron chi connectivity index (χ1n) is 14.1. The van der Waals surface area contributed by atoms with Gasteiger partial charge in [-0.3, -0.25) is 14.7 Å². The molecule has 38 heavy (non-hydrogen) atoms. The van der Waals surface area contributed by atoms with Crippen molar-refractivity contribution in [2.24, 2.45) is 10.8 Å². The van der Waals surface area contributed by atoms with E-state index < -0.39 is 0 Å². The molecule has 0 atom stereocenters. The van der Waals surface area contributed by atoms with Crippen molar-refractivity contribution >= 4 is 22.1 Å². The highest BCUT2D eigenvalue weighted by Crippen LogP contribution is 2.48. The Hall–Kier alpha value is -3.23. The van der Waals surface area contributed by atoms with Gasteiger partial charge in [0.2, 0.25) is 0 Å². The second-order valence-electron chi connectivity index (χ2n) is 12.4. The SMILES string of the molecule is O=c1c2cncc(N3CC4(CCOCC4)C3)c2ccn1Cc1cn2cc(CN3CC4(CCC4)C3)ccc2n1. The number of hydrogen-bond acceptors (Lipinski definition) is 6. The zero-order valence-corrected chi connectivity index (χ0v) is 21.8. The van der Waals surface area contributed by atoms with Crippen LogP contribution in [0.2, 0.25) is 0 Å². The number of likely N-dealkylation sites (tertiary alicyclic amines) is 1. The summed E-state index contributed by atoms with van der Waals surface area (Å²) in [5.74, 6) is 0. The fraction of sp³-hybridized carbons (Fsp3) is 0.500. The van der Waals surface area contributed by atoms with E-state index >= 15 is 0 Å². The summed E-state index contributed by atoms with van der Waals surface area (Å²) in [7, 11) is 0. The standard InChI is InChI=1S/C30H34N6O2/c37-28-25-12-31-13-26(36-20-30(21-36)7-10-38-11-8-30)24(25)4-9-34(28)16-23-17-35-15-22(2-3-27(35)32-23)14-33-18-29(19-33)5-1-6-29/h2-4,9,12-13,15,17H,1,5-8,10-11,14,16,18-21H2. The van der Waals surface area contributed by atoms with Crippen LogP contribution in [0, 0.1) is 10.8 Å². The van der Waals surface area contributed by atoms with Crippen molar-refractivity contribution < 1.29 is 4.74 Å². The number of hydrogen-bond donors (Lipinski definition) is 0. The predicted octanol–water partition coefficient (Wildman–Crippen LogP) is 3.70. The number of rotatable bonds is 5. The van der Waals surface area contributed by atoms with E-state index in [1.165, 1.54) is 37.9 Å². The second kappa shape index (κ2) is 8.38. The van der Waals surface area contributed by atoms with Crippen LogP contribution in [0.3, 0.4) is 0 Å². The average molecular weight is 511 g/mol. The minimum absolute atomic E-state index is 0.0152. The zero-order valence-electron chi connectivity index (χ0n) is 21.8. The molecule has 4 aromatic rings. The molecule has 0 N–H and O–H groups in total. The Morgan fingerprint density at radius 3 is 2.47 bits per heavy atom. The van der Waals surface area contributed by atoms with E-state index in [1.54, 1.807) is 10.8 Å². The van der Waals surface area contributed by atoms with Gasteiger partial charge in [0.25, 0.3) is 5.56 Å². The first kappa shape index (κ1) is 22.7. The topological polar surface area (TPSA) is 67.9 Å². The molecule has 3 aliphatic heterocycles. The molecule has 1 aliphatic carbocycles. The Bertz CT molecular complexity index is 1580. The van der Waals surface area contributed by atoms with Crippen LogP contribution in [0.4, 0.5) is 5.69 Å². The predicted molar refractivity (Wildman–Crippen MR) is 147 cm³/mol. The quantitative estimate of drug-likeness (QED) is 0.408. The maximum atomic E-state index is 13.5. The molecular weight excluding hydrogens is 476 g/mol.